The lowest BCUT2D eigenvalue weighted by molar-refractivity contribution is 0.0782. The Kier molecular flexibility index (Phi) is 4.48. The highest BCUT2D eigenvalue weighted by atomic mass is 15.2. The maximum Gasteiger partial charge on any atom is 0.0252 e. The molecule has 2 saturated carbocycles. The lowest BCUT2D eigenvalue weighted by Crippen LogP contribution is -2.54. The summed E-state index contributed by atoms with van der Waals surface area (Å²) >= 11 is 0. The summed E-state index contributed by atoms with van der Waals surface area (Å²) in [5.74, 6) is 1.90. The molecule has 0 heterocycles. The van der Waals surface area contributed by atoms with E-state index in [0.717, 1.165) is 11.8 Å². The van der Waals surface area contributed by atoms with Gasteiger partial charge in [-0.1, -0.05) is 13.3 Å². The van der Waals surface area contributed by atoms with Gasteiger partial charge >= 0.3 is 0 Å². The molecular weight excluding hydrogens is 208 g/mol. The third-order valence-electron chi connectivity index (χ3n) is 4.81. The molecule has 0 aliphatic heterocycles. The average molecular weight is 238 g/mol. The first kappa shape index (κ1) is 13.4. The van der Waals surface area contributed by atoms with E-state index in [1.54, 1.807) is 0 Å². The summed E-state index contributed by atoms with van der Waals surface area (Å²) in [5, 5.41) is 0. The van der Waals surface area contributed by atoms with Crippen molar-refractivity contribution in [2.75, 3.05) is 6.54 Å². The quantitative estimate of drug-likeness (QED) is 0.798. The van der Waals surface area contributed by atoms with Gasteiger partial charge in [0.2, 0.25) is 0 Å². The summed E-state index contributed by atoms with van der Waals surface area (Å²) in [6.07, 6.45) is 8.15. The second-order valence-electron chi connectivity index (χ2n) is 6.55. The fraction of sp³-hybridized carbons (Fsp3) is 1.00. The lowest BCUT2D eigenvalue weighted by Gasteiger charge is -2.43. The molecular formula is C15H30N2. The molecule has 0 aromatic heterocycles. The molecule has 2 N–H and O–H groups in total. The summed E-state index contributed by atoms with van der Waals surface area (Å²) in [6, 6.07) is 1.72. The maximum atomic E-state index is 6.39. The van der Waals surface area contributed by atoms with E-state index < -0.39 is 0 Å². The first-order chi connectivity index (χ1) is 8.11. The van der Waals surface area contributed by atoms with E-state index in [1.807, 2.05) is 0 Å². The summed E-state index contributed by atoms with van der Waals surface area (Å²) in [4.78, 5) is 2.71. The van der Waals surface area contributed by atoms with E-state index in [9.17, 15) is 0 Å². The maximum absolute atomic E-state index is 6.39. The minimum absolute atomic E-state index is 0.416. The Hall–Kier alpha value is -0.0800. The average Bonchev–Trinajstić information content (AvgIpc) is 3.10. The van der Waals surface area contributed by atoms with Gasteiger partial charge in [0, 0.05) is 24.7 Å². The van der Waals surface area contributed by atoms with Gasteiger partial charge in [-0.05, 0) is 57.8 Å². The van der Waals surface area contributed by atoms with Gasteiger partial charge in [-0.25, -0.2) is 0 Å². The smallest absolute Gasteiger partial charge is 0.0252 e. The normalized spacial score (nSPS) is 34.6. The van der Waals surface area contributed by atoms with Gasteiger partial charge in [0.25, 0.3) is 0 Å². The van der Waals surface area contributed by atoms with Crippen molar-refractivity contribution in [1.29, 1.82) is 0 Å². The number of rotatable bonds is 5. The Labute approximate surface area is 107 Å². The molecule has 0 aromatic carbocycles. The van der Waals surface area contributed by atoms with Crippen molar-refractivity contribution in [2.45, 2.75) is 77.4 Å². The van der Waals surface area contributed by atoms with Crippen LogP contribution in [0.4, 0.5) is 0 Å². The Morgan fingerprint density at radius 2 is 1.76 bits per heavy atom. The van der Waals surface area contributed by atoms with Crippen molar-refractivity contribution in [1.82, 2.24) is 4.90 Å². The second-order valence-corrected chi connectivity index (χ2v) is 6.55. The van der Waals surface area contributed by atoms with Crippen LogP contribution in [0.3, 0.4) is 0 Å². The van der Waals surface area contributed by atoms with Crippen molar-refractivity contribution in [3.63, 3.8) is 0 Å². The molecule has 2 aliphatic rings. The molecule has 2 aliphatic carbocycles. The van der Waals surface area contributed by atoms with Crippen LogP contribution in [0.1, 0.15) is 59.3 Å². The predicted molar refractivity (Wildman–Crippen MR) is 74.0 cm³/mol. The number of nitrogens with two attached hydrogens (primary N) is 1. The second kappa shape index (κ2) is 5.71. The van der Waals surface area contributed by atoms with Gasteiger partial charge < -0.3 is 5.73 Å². The zero-order valence-electron chi connectivity index (χ0n) is 11.9. The lowest BCUT2D eigenvalue weighted by atomic mass is 9.80. The van der Waals surface area contributed by atoms with Crippen molar-refractivity contribution in [3.8, 4) is 0 Å². The van der Waals surface area contributed by atoms with Gasteiger partial charge in [0.05, 0.1) is 0 Å². The Morgan fingerprint density at radius 3 is 2.29 bits per heavy atom. The molecule has 3 atom stereocenters. The molecule has 2 nitrogen and oxygen atoms in total. The zero-order valence-corrected chi connectivity index (χ0v) is 11.9. The first-order valence-electron chi connectivity index (χ1n) is 7.63. The van der Waals surface area contributed by atoms with Crippen LogP contribution in [-0.2, 0) is 0 Å². The van der Waals surface area contributed by atoms with Crippen LogP contribution in [0.25, 0.3) is 0 Å². The van der Waals surface area contributed by atoms with Gasteiger partial charge in [-0.2, -0.15) is 0 Å². The minimum atomic E-state index is 0.416. The fourth-order valence-corrected chi connectivity index (χ4v) is 3.33. The first-order valence-corrected chi connectivity index (χ1v) is 7.63. The summed E-state index contributed by atoms with van der Waals surface area (Å²) in [7, 11) is 0. The molecule has 2 fully saturated rings. The van der Waals surface area contributed by atoms with E-state index in [1.165, 1.54) is 45.1 Å². The monoisotopic (exact) mass is 238 g/mol. The van der Waals surface area contributed by atoms with Gasteiger partial charge in [0.1, 0.15) is 0 Å². The Balaban J connectivity index is 1.98. The van der Waals surface area contributed by atoms with Crippen molar-refractivity contribution in [3.05, 3.63) is 0 Å². The van der Waals surface area contributed by atoms with Crippen LogP contribution in [-0.4, -0.2) is 29.6 Å². The van der Waals surface area contributed by atoms with Crippen molar-refractivity contribution >= 4 is 0 Å². The fourth-order valence-electron chi connectivity index (χ4n) is 3.33. The Morgan fingerprint density at radius 1 is 1.12 bits per heavy atom. The number of nitrogens with zero attached hydrogens (tertiary/aromatic N) is 1. The van der Waals surface area contributed by atoms with E-state index in [4.69, 9.17) is 5.73 Å². The molecule has 0 amide bonds. The van der Waals surface area contributed by atoms with Gasteiger partial charge in [-0.15, -0.1) is 0 Å². The van der Waals surface area contributed by atoms with E-state index in [2.05, 4.69) is 25.7 Å². The van der Waals surface area contributed by atoms with Gasteiger partial charge in [-0.3, -0.25) is 4.90 Å². The van der Waals surface area contributed by atoms with E-state index in [-0.39, 0.29) is 0 Å². The standard InChI is InChI=1S/C15H30N2/c1-4-12-7-8-14(16)15(9-12)17(11(2)3)10-13-5-6-13/h11-15H,4-10,16H2,1-3H3. The molecule has 0 spiro atoms. The third-order valence-corrected chi connectivity index (χ3v) is 4.81. The largest absolute Gasteiger partial charge is 0.326 e. The molecule has 0 aromatic rings. The van der Waals surface area contributed by atoms with Crippen LogP contribution in [0.15, 0.2) is 0 Å². The third kappa shape index (κ3) is 3.45. The topological polar surface area (TPSA) is 29.3 Å². The van der Waals surface area contributed by atoms with Crippen LogP contribution in [0.2, 0.25) is 0 Å². The molecule has 2 heteroatoms. The van der Waals surface area contributed by atoms with Gasteiger partial charge in [0.15, 0.2) is 0 Å². The summed E-state index contributed by atoms with van der Waals surface area (Å²) < 4.78 is 0. The Bertz CT molecular complexity index is 235. The molecule has 2 rings (SSSR count). The highest BCUT2D eigenvalue weighted by Gasteiger charge is 2.35. The molecule has 3 unspecified atom stereocenters. The molecule has 0 saturated heterocycles. The van der Waals surface area contributed by atoms with Crippen molar-refractivity contribution < 1.29 is 0 Å². The SMILES string of the molecule is CCC1CCC(N)C(N(CC2CC2)C(C)C)C1. The van der Waals surface area contributed by atoms with E-state index >= 15 is 0 Å². The highest BCUT2D eigenvalue weighted by molar-refractivity contribution is 4.92. The molecule has 17 heavy (non-hydrogen) atoms. The molecule has 100 valence electrons. The summed E-state index contributed by atoms with van der Waals surface area (Å²) in [6.45, 7) is 8.31. The van der Waals surface area contributed by atoms with Crippen LogP contribution in [0, 0.1) is 11.8 Å². The number of hydrogen-bond acceptors (Lipinski definition) is 2. The van der Waals surface area contributed by atoms with Crippen molar-refractivity contribution in [2.24, 2.45) is 17.6 Å². The minimum Gasteiger partial charge on any atom is -0.326 e. The van der Waals surface area contributed by atoms with E-state index in [0.29, 0.717) is 18.1 Å². The van der Waals surface area contributed by atoms with Crippen LogP contribution in [0.5, 0.6) is 0 Å². The van der Waals surface area contributed by atoms with Crippen LogP contribution < -0.4 is 5.73 Å². The van der Waals surface area contributed by atoms with Crippen LogP contribution >= 0.6 is 0 Å². The molecule has 0 bridgehead atoms. The molecule has 0 radical (unpaired) electrons. The summed E-state index contributed by atoms with van der Waals surface area (Å²) in [5.41, 5.74) is 6.39. The number of hydrogen-bond donors (Lipinski definition) is 1. The highest BCUT2D eigenvalue weighted by Crippen LogP contribution is 2.35. The zero-order chi connectivity index (χ0) is 12.4. The predicted octanol–water partition coefficient (Wildman–Crippen LogP) is 3.01.